The van der Waals surface area contributed by atoms with Gasteiger partial charge in [-0.3, -0.25) is 9.59 Å². The molecule has 2 atom stereocenters. The summed E-state index contributed by atoms with van der Waals surface area (Å²) in [6.45, 7) is 4.86. The summed E-state index contributed by atoms with van der Waals surface area (Å²) in [4.78, 5) is 24.6. The lowest BCUT2D eigenvalue weighted by Crippen LogP contribution is -2.45. The number of carbonyl (C=O) groups is 2. The van der Waals surface area contributed by atoms with Crippen molar-refractivity contribution in [1.29, 1.82) is 0 Å². The number of ether oxygens (including phenoxy) is 1. The standard InChI is InChI=1S/C75H139NO5/c1-3-5-7-9-11-13-15-17-18-19-20-21-31-34-37-40-44-47-51-55-59-63-67-73(78)72(71-77)76-74(79)68-64-60-56-52-48-45-41-38-35-32-29-27-25-23-22-24-26-28-30-33-36-39-42-46-50-54-58-62-66-70-81-75(80)69-65-61-57-53-49-43-16-14-12-10-8-6-4-2/h8,10,14,16,22,24,28,30,63,67,72-73,77-78H,3-7,9,11-13,15,17-21,23,25-27,29,31-62,64-66,68-71H2,1-2H3,(H,76,79)/b10-8-,16-14-,24-22-,30-28-,67-63+. The van der Waals surface area contributed by atoms with Crippen LogP contribution in [0.3, 0.4) is 0 Å². The van der Waals surface area contributed by atoms with Crippen LogP contribution in [0.15, 0.2) is 60.8 Å². The van der Waals surface area contributed by atoms with E-state index in [9.17, 15) is 19.8 Å². The molecule has 2 unspecified atom stereocenters. The van der Waals surface area contributed by atoms with Crippen LogP contribution in [-0.2, 0) is 14.3 Å². The number of aliphatic hydroxyl groups is 2. The Morgan fingerprint density at radius 3 is 0.988 bits per heavy atom. The zero-order valence-corrected chi connectivity index (χ0v) is 54.3. The number of esters is 1. The maximum Gasteiger partial charge on any atom is 0.305 e. The van der Waals surface area contributed by atoms with Crippen LogP contribution < -0.4 is 5.32 Å². The van der Waals surface area contributed by atoms with E-state index in [1.807, 2.05) is 6.08 Å². The molecule has 6 nitrogen and oxygen atoms in total. The molecule has 0 aromatic rings. The fourth-order valence-corrected chi connectivity index (χ4v) is 11.0. The average molecular weight is 1130 g/mol. The maximum absolute atomic E-state index is 12.5. The summed E-state index contributed by atoms with van der Waals surface area (Å²) in [6, 6.07) is -0.631. The van der Waals surface area contributed by atoms with E-state index in [4.69, 9.17) is 4.74 Å². The van der Waals surface area contributed by atoms with E-state index in [-0.39, 0.29) is 18.5 Å². The number of rotatable bonds is 67. The Balaban J connectivity index is 3.44. The molecular weight excluding hydrogens is 995 g/mol. The molecule has 0 saturated heterocycles. The van der Waals surface area contributed by atoms with Gasteiger partial charge in [0.25, 0.3) is 0 Å². The Kier molecular flexibility index (Phi) is 67.9. The SMILES string of the molecule is CCC/C=C\C/C=C\CCCCCCCC(=O)OCCCCCCCCCCC/C=C\C/C=C\CCCCCCCCCCCCCCCC(=O)NC(CO)C(O)/C=C/CCCCCCCCCCCCCCCCCCCCCC. The number of unbranched alkanes of at least 4 members (excludes halogenated alkanes) is 48. The fourth-order valence-electron chi connectivity index (χ4n) is 11.0. The van der Waals surface area contributed by atoms with Gasteiger partial charge in [-0.1, -0.05) is 338 Å². The molecule has 0 aliphatic carbocycles. The second kappa shape index (κ2) is 70.0. The van der Waals surface area contributed by atoms with Gasteiger partial charge < -0.3 is 20.3 Å². The highest BCUT2D eigenvalue weighted by Gasteiger charge is 2.18. The van der Waals surface area contributed by atoms with Crippen molar-refractivity contribution in [2.24, 2.45) is 0 Å². The van der Waals surface area contributed by atoms with Gasteiger partial charge in [0.05, 0.1) is 25.4 Å². The molecule has 81 heavy (non-hydrogen) atoms. The van der Waals surface area contributed by atoms with Crippen LogP contribution in [0.2, 0.25) is 0 Å². The monoisotopic (exact) mass is 1130 g/mol. The fraction of sp³-hybridized carbons (Fsp3) is 0.840. The lowest BCUT2D eigenvalue weighted by atomic mass is 10.0. The predicted octanol–water partition coefficient (Wildman–Crippen LogP) is 23.4. The van der Waals surface area contributed by atoms with E-state index < -0.39 is 12.1 Å². The summed E-state index contributed by atoms with van der Waals surface area (Å²) in [5.74, 6) is -0.0698. The quantitative estimate of drug-likeness (QED) is 0.0320. The number of aliphatic hydroxyl groups excluding tert-OH is 2. The highest BCUT2D eigenvalue weighted by Crippen LogP contribution is 2.18. The van der Waals surface area contributed by atoms with Gasteiger partial charge in [-0.2, -0.15) is 0 Å². The van der Waals surface area contributed by atoms with Crippen LogP contribution in [0, 0.1) is 0 Å². The average Bonchev–Trinajstić information content (AvgIpc) is 3.47. The predicted molar refractivity (Wildman–Crippen MR) is 356 cm³/mol. The molecule has 0 bridgehead atoms. The van der Waals surface area contributed by atoms with E-state index in [1.54, 1.807) is 6.08 Å². The van der Waals surface area contributed by atoms with Gasteiger partial charge in [-0.15, -0.1) is 0 Å². The second-order valence-electron chi connectivity index (χ2n) is 24.6. The van der Waals surface area contributed by atoms with Crippen molar-refractivity contribution in [1.82, 2.24) is 5.32 Å². The van der Waals surface area contributed by atoms with Crippen molar-refractivity contribution >= 4 is 11.9 Å². The molecule has 0 radical (unpaired) electrons. The van der Waals surface area contributed by atoms with Gasteiger partial charge >= 0.3 is 5.97 Å². The van der Waals surface area contributed by atoms with Crippen LogP contribution in [0.4, 0.5) is 0 Å². The van der Waals surface area contributed by atoms with Gasteiger partial charge in [0.15, 0.2) is 0 Å². The minimum absolute atomic E-state index is 0.00385. The Hall–Kier alpha value is -2.44. The minimum Gasteiger partial charge on any atom is -0.466 e. The van der Waals surface area contributed by atoms with Crippen LogP contribution in [-0.4, -0.2) is 47.4 Å². The first kappa shape index (κ1) is 78.6. The molecule has 0 spiro atoms. The van der Waals surface area contributed by atoms with Crippen LogP contribution in [0.25, 0.3) is 0 Å². The molecule has 0 aromatic carbocycles. The van der Waals surface area contributed by atoms with Crippen molar-refractivity contribution in [2.45, 2.75) is 392 Å². The molecule has 0 aromatic heterocycles. The summed E-state index contributed by atoms with van der Waals surface area (Å²) in [6.07, 6.45) is 93.0. The molecule has 474 valence electrons. The third-order valence-electron chi connectivity index (χ3n) is 16.5. The highest BCUT2D eigenvalue weighted by molar-refractivity contribution is 5.76. The molecule has 0 heterocycles. The molecule has 3 N–H and O–H groups in total. The van der Waals surface area contributed by atoms with Crippen LogP contribution >= 0.6 is 0 Å². The van der Waals surface area contributed by atoms with E-state index in [1.165, 1.54) is 295 Å². The van der Waals surface area contributed by atoms with E-state index >= 15 is 0 Å². The minimum atomic E-state index is -0.848. The lowest BCUT2D eigenvalue weighted by Gasteiger charge is -2.20. The highest BCUT2D eigenvalue weighted by atomic mass is 16.5. The number of nitrogens with one attached hydrogen (secondary N) is 1. The van der Waals surface area contributed by atoms with Crippen molar-refractivity contribution in [2.75, 3.05) is 13.2 Å². The van der Waals surface area contributed by atoms with Crippen LogP contribution in [0.5, 0.6) is 0 Å². The Morgan fingerprint density at radius 1 is 0.346 bits per heavy atom. The lowest BCUT2D eigenvalue weighted by molar-refractivity contribution is -0.143. The number of carbonyl (C=O) groups excluding carboxylic acids is 2. The Labute approximate surface area is 505 Å². The van der Waals surface area contributed by atoms with Crippen molar-refractivity contribution < 1.29 is 24.5 Å². The first-order chi connectivity index (χ1) is 40.0. The molecule has 1 amide bonds. The third-order valence-corrected chi connectivity index (χ3v) is 16.5. The largest absolute Gasteiger partial charge is 0.466 e. The van der Waals surface area contributed by atoms with Gasteiger partial charge in [-0.05, 0) is 89.9 Å². The number of hydrogen-bond acceptors (Lipinski definition) is 5. The van der Waals surface area contributed by atoms with E-state index in [0.29, 0.717) is 19.4 Å². The summed E-state index contributed by atoms with van der Waals surface area (Å²) in [5.41, 5.74) is 0. The molecule has 0 aliphatic rings. The zero-order valence-electron chi connectivity index (χ0n) is 54.3. The molecule has 6 heteroatoms. The second-order valence-corrected chi connectivity index (χ2v) is 24.6. The van der Waals surface area contributed by atoms with Crippen molar-refractivity contribution in [3.05, 3.63) is 60.8 Å². The first-order valence-electron chi connectivity index (χ1n) is 36.1. The normalized spacial score (nSPS) is 12.9. The number of allylic oxidation sites excluding steroid dienone is 9. The molecule has 0 rings (SSSR count). The number of amides is 1. The Bertz CT molecular complexity index is 1400. The van der Waals surface area contributed by atoms with Crippen molar-refractivity contribution in [3.63, 3.8) is 0 Å². The summed E-state index contributed by atoms with van der Waals surface area (Å²) < 4.78 is 5.47. The maximum atomic E-state index is 12.5. The van der Waals surface area contributed by atoms with Gasteiger partial charge in [0.2, 0.25) is 5.91 Å². The summed E-state index contributed by atoms with van der Waals surface area (Å²) >= 11 is 0. The van der Waals surface area contributed by atoms with Gasteiger partial charge in [0.1, 0.15) is 0 Å². The summed E-state index contributed by atoms with van der Waals surface area (Å²) in [5, 5.41) is 23.3. The first-order valence-corrected chi connectivity index (χ1v) is 36.1. The van der Waals surface area contributed by atoms with Gasteiger partial charge in [-0.25, -0.2) is 0 Å². The molecule has 0 saturated carbocycles. The topological polar surface area (TPSA) is 95.9 Å². The Morgan fingerprint density at radius 2 is 0.642 bits per heavy atom. The zero-order chi connectivity index (χ0) is 58.5. The van der Waals surface area contributed by atoms with Crippen LogP contribution in [0.1, 0.15) is 380 Å². The summed E-state index contributed by atoms with van der Waals surface area (Å²) in [7, 11) is 0. The van der Waals surface area contributed by atoms with E-state index in [2.05, 4.69) is 67.8 Å². The van der Waals surface area contributed by atoms with Crippen molar-refractivity contribution in [3.8, 4) is 0 Å². The van der Waals surface area contributed by atoms with Gasteiger partial charge in [0, 0.05) is 12.8 Å². The van der Waals surface area contributed by atoms with E-state index in [0.717, 1.165) is 57.8 Å². The molecular formula is C75H139NO5. The number of hydrogen-bond donors (Lipinski definition) is 3. The molecule has 0 fully saturated rings. The smallest absolute Gasteiger partial charge is 0.305 e. The third kappa shape index (κ3) is 66.6. The molecule has 0 aliphatic heterocycles.